The summed E-state index contributed by atoms with van der Waals surface area (Å²) in [5, 5.41) is 0. The minimum Gasteiger partial charge on any atom is -0.465 e. The van der Waals surface area contributed by atoms with Gasteiger partial charge in [-0.3, -0.25) is 14.5 Å². The summed E-state index contributed by atoms with van der Waals surface area (Å²) in [6.07, 6.45) is 2.23. The molecule has 0 radical (unpaired) electrons. The Balaban J connectivity index is 0.00000272. The first kappa shape index (κ1) is 23.3. The fraction of sp³-hybridized carbons (Fsp3) is 0.440. The first-order valence-corrected chi connectivity index (χ1v) is 10.9. The molecule has 0 bridgehead atoms. The van der Waals surface area contributed by atoms with Gasteiger partial charge in [-0.2, -0.15) is 0 Å². The molecule has 2 aliphatic rings. The van der Waals surface area contributed by atoms with Crippen molar-refractivity contribution in [2.75, 3.05) is 31.1 Å². The first-order valence-electron chi connectivity index (χ1n) is 10.9. The fourth-order valence-electron chi connectivity index (χ4n) is 4.94. The third-order valence-electron chi connectivity index (χ3n) is 6.54. The van der Waals surface area contributed by atoms with Crippen molar-refractivity contribution >= 4 is 30.0 Å². The maximum atomic E-state index is 13.1. The molecule has 2 heterocycles. The number of hydrogen-bond donors (Lipinski definition) is 0. The summed E-state index contributed by atoms with van der Waals surface area (Å²) in [7, 11) is 0. The monoisotopic (exact) mass is 442 g/mol. The molecule has 1 amide bonds. The Morgan fingerprint density at radius 1 is 1.03 bits per heavy atom. The molecular formula is C25H31ClN2O3. The minimum absolute atomic E-state index is 0. The Bertz CT molecular complexity index is 910. The molecule has 1 atom stereocenters. The van der Waals surface area contributed by atoms with Gasteiger partial charge >= 0.3 is 5.97 Å². The molecule has 0 aliphatic carbocycles. The predicted molar refractivity (Wildman–Crippen MR) is 125 cm³/mol. The van der Waals surface area contributed by atoms with E-state index < -0.39 is 5.41 Å². The van der Waals surface area contributed by atoms with Crippen LogP contribution in [0.2, 0.25) is 0 Å². The van der Waals surface area contributed by atoms with Crippen LogP contribution in [-0.4, -0.2) is 49.1 Å². The average molecular weight is 443 g/mol. The van der Waals surface area contributed by atoms with E-state index >= 15 is 0 Å². The van der Waals surface area contributed by atoms with E-state index in [1.165, 1.54) is 5.56 Å². The summed E-state index contributed by atoms with van der Waals surface area (Å²) in [4.78, 5) is 30.2. The molecule has 1 saturated heterocycles. The molecule has 166 valence electrons. The van der Waals surface area contributed by atoms with Crippen LogP contribution >= 0.6 is 12.4 Å². The van der Waals surface area contributed by atoms with Gasteiger partial charge in [-0.15, -0.1) is 12.4 Å². The van der Waals surface area contributed by atoms with Gasteiger partial charge < -0.3 is 9.64 Å². The molecule has 4 rings (SSSR count). The lowest BCUT2D eigenvalue weighted by Gasteiger charge is -2.40. The molecule has 5 nitrogen and oxygen atoms in total. The quantitative estimate of drug-likeness (QED) is 0.657. The Morgan fingerprint density at radius 2 is 1.68 bits per heavy atom. The number of esters is 1. The lowest BCUT2D eigenvalue weighted by atomic mass is 9.72. The normalized spacial score (nSPS) is 19.9. The van der Waals surface area contributed by atoms with E-state index in [4.69, 9.17) is 4.74 Å². The van der Waals surface area contributed by atoms with Crippen molar-refractivity contribution in [3.8, 4) is 0 Å². The second-order valence-electron chi connectivity index (χ2n) is 8.39. The molecule has 2 aromatic carbocycles. The molecule has 6 heteroatoms. The first-order chi connectivity index (χ1) is 14.5. The predicted octanol–water partition coefficient (Wildman–Crippen LogP) is 3.98. The number of fused-ring (bicyclic) bond motifs is 1. The molecular weight excluding hydrogens is 412 g/mol. The number of ether oxygens (including phenoxy) is 1. The van der Waals surface area contributed by atoms with Gasteiger partial charge in [0, 0.05) is 24.8 Å². The average Bonchev–Trinajstić information content (AvgIpc) is 3.11. The van der Waals surface area contributed by atoms with Crippen molar-refractivity contribution in [2.45, 2.75) is 44.6 Å². The van der Waals surface area contributed by atoms with Crippen LogP contribution in [0.3, 0.4) is 0 Å². The number of hydrogen-bond acceptors (Lipinski definition) is 4. The summed E-state index contributed by atoms with van der Waals surface area (Å²) in [6.45, 7) is 6.11. The van der Waals surface area contributed by atoms with E-state index in [0.29, 0.717) is 39.1 Å². The fourth-order valence-corrected chi connectivity index (χ4v) is 4.94. The Labute approximate surface area is 190 Å². The second kappa shape index (κ2) is 9.84. The van der Waals surface area contributed by atoms with Gasteiger partial charge in [0.05, 0.1) is 18.6 Å². The smallest absolute Gasteiger partial charge is 0.316 e. The number of rotatable bonds is 5. The Morgan fingerprint density at radius 3 is 2.35 bits per heavy atom. The number of carbonyl (C=O) groups is 2. The third kappa shape index (κ3) is 4.48. The number of anilines is 1. The zero-order valence-electron chi connectivity index (χ0n) is 18.3. The lowest BCUT2D eigenvalue weighted by Crippen LogP contribution is -2.51. The summed E-state index contributed by atoms with van der Waals surface area (Å²) in [5.41, 5.74) is 2.67. The van der Waals surface area contributed by atoms with E-state index in [2.05, 4.69) is 17.9 Å². The van der Waals surface area contributed by atoms with Crippen LogP contribution in [-0.2, 0) is 26.2 Å². The Kier molecular flexibility index (Phi) is 7.39. The topological polar surface area (TPSA) is 49.9 Å². The van der Waals surface area contributed by atoms with Gasteiger partial charge in [-0.25, -0.2) is 0 Å². The molecule has 1 unspecified atom stereocenters. The second-order valence-corrected chi connectivity index (χ2v) is 8.39. The van der Waals surface area contributed by atoms with Crippen LogP contribution in [0.25, 0.3) is 0 Å². The minimum atomic E-state index is -0.621. The highest BCUT2D eigenvalue weighted by atomic mass is 35.5. The maximum absolute atomic E-state index is 13.1. The lowest BCUT2D eigenvalue weighted by molar-refractivity contribution is -0.152. The largest absolute Gasteiger partial charge is 0.465 e. The molecule has 1 fully saturated rings. The molecule has 0 aromatic heterocycles. The number of piperidine rings is 1. The van der Waals surface area contributed by atoms with Crippen molar-refractivity contribution in [1.82, 2.24) is 4.90 Å². The van der Waals surface area contributed by atoms with Crippen LogP contribution in [0, 0.1) is 0 Å². The standard InChI is InChI=1S/C25H30N2O3.ClH/c1-3-30-24(29)25(21-10-5-4-6-11-21)13-15-26(16-14-25)18-23(28)27-19(2)17-20-9-7-8-12-22(20)27;/h4-12,19H,3,13-18H2,1-2H3;1H. The number of benzene rings is 2. The van der Waals surface area contributed by atoms with Gasteiger partial charge in [-0.1, -0.05) is 48.5 Å². The molecule has 0 spiro atoms. The molecule has 2 aliphatic heterocycles. The van der Waals surface area contributed by atoms with Crippen LogP contribution in [0.1, 0.15) is 37.8 Å². The van der Waals surface area contributed by atoms with E-state index in [1.54, 1.807) is 0 Å². The maximum Gasteiger partial charge on any atom is 0.316 e. The van der Waals surface area contributed by atoms with Gasteiger partial charge in [-0.05, 0) is 50.3 Å². The zero-order chi connectivity index (χ0) is 21.1. The van der Waals surface area contributed by atoms with Crippen molar-refractivity contribution in [1.29, 1.82) is 0 Å². The van der Waals surface area contributed by atoms with Crippen molar-refractivity contribution < 1.29 is 14.3 Å². The highest BCUT2D eigenvalue weighted by molar-refractivity contribution is 5.97. The molecule has 0 N–H and O–H groups in total. The summed E-state index contributed by atoms with van der Waals surface area (Å²) >= 11 is 0. The van der Waals surface area contributed by atoms with Gasteiger partial charge in [0.15, 0.2) is 0 Å². The summed E-state index contributed by atoms with van der Waals surface area (Å²) in [6, 6.07) is 18.3. The van der Waals surface area contributed by atoms with Gasteiger partial charge in [0.25, 0.3) is 0 Å². The van der Waals surface area contributed by atoms with Gasteiger partial charge in [0.1, 0.15) is 0 Å². The number of carbonyl (C=O) groups excluding carboxylic acids is 2. The SMILES string of the molecule is CCOC(=O)C1(c2ccccc2)CCN(CC(=O)N2c3ccccc3CC2C)CC1.Cl. The van der Waals surface area contributed by atoms with E-state index in [9.17, 15) is 9.59 Å². The zero-order valence-corrected chi connectivity index (χ0v) is 19.1. The van der Waals surface area contributed by atoms with Crippen LogP contribution in [0.4, 0.5) is 5.69 Å². The summed E-state index contributed by atoms with van der Waals surface area (Å²) < 4.78 is 5.46. The number of nitrogens with zero attached hydrogens (tertiary/aromatic N) is 2. The Hall–Kier alpha value is -2.37. The van der Waals surface area contributed by atoms with E-state index in [1.807, 2.05) is 60.4 Å². The summed E-state index contributed by atoms with van der Waals surface area (Å²) in [5.74, 6) is -0.0138. The van der Waals surface area contributed by atoms with Crippen LogP contribution in [0.15, 0.2) is 54.6 Å². The van der Waals surface area contributed by atoms with E-state index in [0.717, 1.165) is 17.7 Å². The van der Waals surface area contributed by atoms with Crippen molar-refractivity contribution in [3.05, 3.63) is 65.7 Å². The number of amides is 1. The number of halogens is 1. The van der Waals surface area contributed by atoms with Crippen LogP contribution in [0.5, 0.6) is 0 Å². The number of likely N-dealkylation sites (tertiary alicyclic amines) is 1. The van der Waals surface area contributed by atoms with Crippen molar-refractivity contribution in [3.63, 3.8) is 0 Å². The van der Waals surface area contributed by atoms with Gasteiger partial charge in [0.2, 0.25) is 5.91 Å². The van der Waals surface area contributed by atoms with Crippen LogP contribution < -0.4 is 4.90 Å². The molecule has 0 saturated carbocycles. The molecule has 31 heavy (non-hydrogen) atoms. The highest BCUT2D eigenvalue weighted by Crippen LogP contribution is 2.37. The van der Waals surface area contributed by atoms with Crippen molar-refractivity contribution in [2.24, 2.45) is 0 Å². The highest BCUT2D eigenvalue weighted by Gasteiger charge is 2.44. The number of para-hydroxylation sites is 1. The van der Waals surface area contributed by atoms with E-state index in [-0.39, 0.29) is 30.3 Å². The molecule has 2 aromatic rings. The third-order valence-corrected chi connectivity index (χ3v) is 6.54.